The summed E-state index contributed by atoms with van der Waals surface area (Å²) >= 11 is 0. The van der Waals surface area contributed by atoms with Crippen LogP contribution in [-0.4, -0.2) is 32.5 Å². The standard InChI is InChI=1S/C25H26N6O2/c1-27-25(32)19-11-10-18(12-19)24-30-21(22-23(26)28-15-29-31(22)24)17-8-5-9-20(13-17)33-14-16-6-3-2-4-7-16/h2-9,13,15,18-19H,10-12,14H2,1H3,(H,27,32)(H2,26,28,29). The van der Waals surface area contributed by atoms with Crippen molar-refractivity contribution in [3.63, 3.8) is 0 Å². The molecule has 33 heavy (non-hydrogen) atoms. The summed E-state index contributed by atoms with van der Waals surface area (Å²) in [5.74, 6) is 2.13. The van der Waals surface area contributed by atoms with Crippen LogP contribution in [0.1, 0.15) is 36.6 Å². The molecule has 1 saturated carbocycles. The van der Waals surface area contributed by atoms with E-state index in [4.69, 9.17) is 15.5 Å². The smallest absolute Gasteiger partial charge is 0.222 e. The van der Waals surface area contributed by atoms with E-state index < -0.39 is 0 Å². The molecule has 1 amide bonds. The van der Waals surface area contributed by atoms with Crippen LogP contribution in [0.5, 0.6) is 5.75 Å². The average Bonchev–Trinajstić information content (AvgIpc) is 3.49. The molecule has 0 spiro atoms. The molecule has 4 aromatic rings. The second kappa shape index (κ2) is 8.90. The number of ether oxygens (including phenoxy) is 1. The number of nitrogens with two attached hydrogens (primary N) is 1. The van der Waals surface area contributed by atoms with Gasteiger partial charge in [-0.1, -0.05) is 42.5 Å². The van der Waals surface area contributed by atoms with E-state index in [9.17, 15) is 4.79 Å². The Labute approximate surface area is 191 Å². The third kappa shape index (κ3) is 4.11. The number of amides is 1. The topological polar surface area (TPSA) is 107 Å². The van der Waals surface area contributed by atoms with E-state index in [0.29, 0.717) is 17.9 Å². The third-order valence-electron chi connectivity index (χ3n) is 6.26. The molecule has 0 saturated heterocycles. The van der Waals surface area contributed by atoms with Gasteiger partial charge < -0.3 is 15.8 Å². The van der Waals surface area contributed by atoms with Crippen LogP contribution in [-0.2, 0) is 11.4 Å². The lowest BCUT2D eigenvalue weighted by Gasteiger charge is -2.09. The van der Waals surface area contributed by atoms with Gasteiger partial charge in [-0.05, 0) is 37.0 Å². The minimum Gasteiger partial charge on any atom is -0.489 e. The quantitative estimate of drug-likeness (QED) is 0.473. The van der Waals surface area contributed by atoms with Crippen LogP contribution in [0.4, 0.5) is 5.82 Å². The number of nitrogens with one attached hydrogen (secondary N) is 1. The normalized spacial score (nSPS) is 17.8. The summed E-state index contributed by atoms with van der Waals surface area (Å²) in [6.07, 6.45) is 3.89. The second-order valence-corrected chi connectivity index (χ2v) is 8.35. The number of nitrogens with zero attached hydrogens (tertiary/aromatic N) is 4. The fourth-order valence-corrected chi connectivity index (χ4v) is 4.58. The van der Waals surface area contributed by atoms with Crippen molar-refractivity contribution >= 4 is 17.2 Å². The summed E-state index contributed by atoms with van der Waals surface area (Å²) in [7, 11) is 1.68. The monoisotopic (exact) mass is 442 g/mol. The Kier molecular flexibility index (Phi) is 5.64. The number of carbonyl (C=O) groups is 1. The van der Waals surface area contributed by atoms with E-state index in [-0.39, 0.29) is 17.7 Å². The SMILES string of the molecule is CNC(=O)C1CCC(c2nc(-c3cccc(OCc4ccccc4)c3)c3c(N)ncnn23)C1. The number of benzene rings is 2. The predicted molar refractivity (Wildman–Crippen MR) is 126 cm³/mol. The lowest BCUT2D eigenvalue weighted by Crippen LogP contribution is -2.25. The molecule has 8 nitrogen and oxygen atoms in total. The zero-order valence-electron chi connectivity index (χ0n) is 18.4. The highest BCUT2D eigenvalue weighted by Crippen LogP contribution is 2.40. The van der Waals surface area contributed by atoms with Gasteiger partial charge in [0.2, 0.25) is 5.91 Å². The minimum atomic E-state index is -0.00954. The molecule has 2 unspecified atom stereocenters. The number of rotatable bonds is 6. The average molecular weight is 443 g/mol. The first kappa shape index (κ1) is 20.9. The Morgan fingerprint density at radius 1 is 1.18 bits per heavy atom. The summed E-state index contributed by atoms with van der Waals surface area (Å²) < 4.78 is 7.80. The number of carbonyl (C=O) groups excluding carboxylic acids is 1. The van der Waals surface area contributed by atoms with Gasteiger partial charge in [-0.2, -0.15) is 5.10 Å². The molecule has 0 aliphatic heterocycles. The van der Waals surface area contributed by atoms with Gasteiger partial charge in [0, 0.05) is 24.4 Å². The third-order valence-corrected chi connectivity index (χ3v) is 6.26. The van der Waals surface area contributed by atoms with Crippen molar-refractivity contribution in [2.24, 2.45) is 5.92 Å². The number of anilines is 1. The van der Waals surface area contributed by atoms with Crippen LogP contribution in [0.15, 0.2) is 60.9 Å². The predicted octanol–water partition coefficient (Wildman–Crippen LogP) is 3.58. The molecule has 2 atom stereocenters. The minimum absolute atomic E-state index is 0.00954. The van der Waals surface area contributed by atoms with Crippen LogP contribution < -0.4 is 15.8 Å². The number of imidazole rings is 1. The van der Waals surface area contributed by atoms with Crippen LogP contribution in [0, 0.1) is 5.92 Å². The van der Waals surface area contributed by atoms with E-state index in [0.717, 1.165) is 47.7 Å². The first-order valence-electron chi connectivity index (χ1n) is 11.1. The molecule has 2 aromatic carbocycles. The maximum atomic E-state index is 12.1. The Balaban J connectivity index is 1.48. The maximum absolute atomic E-state index is 12.1. The summed E-state index contributed by atoms with van der Waals surface area (Å²) in [5, 5.41) is 7.21. The van der Waals surface area contributed by atoms with E-state index in [1.807, 2.05) is 54.6 Å². The van der Waals surface area contributed by atoms with Crippen molar-refractivity contribution in [3.05, 3.63) is 72.3 Å². The number of nitrogen functional groups attached to an aromatic ring is 1. The molecule has 8 heteroatoms. The van der Waals surface area contributed by atoms with Gasteiger partial charge in [-0.15, -0.1) is 0 Å². The highest BCUT2D eigenvalue weighted by Gasteiger charge is 2.34. The van der Waals surface area contributed by atoms with Gasteiger partial charge in [-0.25, -0.2) is 14.5 Å². The van der Waals surface area contributed by atoms with Crippen molar-refractivity contribution in [2.45, 2.75) is 31.8 Å². The van der Waals surface area contributed by atoms with Crippen molar-refractivity contribution in [1.82, 2.24) is 24.9 Å². The summed E-state index contributed by atoms with van der Waals surface area (Å²) in [6.45, 7) is 0.480. The lowest BCUT2D eigenvalue weighted by molar-refractivity contribution is -0.124. The summed E-state index contributed by atoms with van der Waals surface area (Å²) in [6, 6.07) is 17.9. The molecule has 2 aromatic heterocycles. The van der Waals surface area contributed by atoms with Crippen LogP contribution >= 0.6 is 0 Å². The molecular formula is C25H26N6O2. The van der Waals surface area contributed by atoms with E-state index in [1.54, 1.807) is 11.6 Å². The largest absolute Gasteiger partial charge is 0.489 e. The Hall–Kier alpha value is -3.94. The van der Waals surface area contributed by atoms with Crippen LogP contribution in [0.25, 0.3) is 16.8 Å². The van der Waals surface area contributed by atoms with Gasteiger partial charge in [0.15, 0.2) is 5.82 Å². The van der Waals surface area contributed by atoms with Crippen LogP contribution in [0.2, 0.25) is 0 Å². The molecule has 1 aliphatic carbocycles. The molecular weight excluding hydrogens is 416 g/mol. The molecule has 0 bridgehead atoms. The van der Waals surface area contributed by atoms with Gasteiger partial charge in [0.05, 0.1) is 0 Å². The van der Waals surface area contributed by atoms with E-state index in [1.165, 1.54) is 6.33 Å². The molecule has 168 valence electrons. The molecule has 0 radical (unpaired) electrons. The first-order chi connectivity index (χ1) is 16.1. The van der Waals surface area contributed by atoms with Crippen LogP contribution in [0.3, 0.4) is 0 Å². The van der Waals surface area contributed by atoms with Gasteiger partial charge in [0.25, 0.3) is 0 Å². The maximum Gasteiger partial charge on any atom is 0.222 e. The molecule has 2 heterocycles. The number of hydrogen-bond acceptors (Lipinski definition) is 6. The first-order valence-corrected chi connectivity index (χ1v) is 11.1. The molecule has 3 N–H and O–H groups in total. The summed E-state index contributed by atoms with van der Waals surface area (Å²) in [5.41, 5.74) is 9.65. The van der Waals surface area contributed by atoms with E-state index >= 15 is 0 Å². The van der Waals surface area contributed by atoms with Gasteiger partial charge in [-0.3, -0.25) is 4.79 Å². The summed E-state index contributed by atoms with van der Waals surface area (Å²) in [4.78, 5) is 21.3. The van der Waals surface area contributed by atoms with Crippen molar-refractivity contribution in [2.75, 3.05) is 12.8 Å². The number of fused-ring (bicyclic) bond motifs is 1. The lowest BCUT2D eigenvalue weighted by atomic mass is 10.0. The van der Waals surface area contributed by atoms with E-state index in [2.05, 4.69) is 15.4 Å². The fourth-order valence-electron chi connectivity index (χ4n) is 4.58. The fraction of sp³-hybridized carbons (Fsp3) is 0.280. The van der Waals surface area contributed by atoms with Crippen molar-refractivity contribution in [1.29, 1.82) is 0 Å². The Morgan fingerprint density at radius 3 is 2.85 bits per heavy atom. The highest BCUT2D eigenvalue weighted by atomic mass is 16.5. The molecule has 1 aliphatic rings. The Bertz CT molecular complexity index is 1290. The Morgan fingerprint density at radius 2 is 2.03 bits per heavy atom. The van der Waals surface area contributed by atoms with Crippen molar-refractivity contribution in [3.8, 4) is 17.0 Å². The highest BCUT2D eigenvalue weighted by molar-refractivity contribution is 5.85. The zero-order valence-corrected chi connectivity index (χ0v) is 18.4. The number of hydrogen-bond donors (Lipinski definition) is 2. The zero-order chi connectivity index (χ0) is 22.8. The van der Waals surface area contributed by atoms with Gasteiger partial charge >= 0.3 is 0 Å². The van der Waals surface area contributed by atoms with Crippen molar-refractivity contribution < 1.29 is 9.53 Å². The molecule has 1 fully saturated rings. The van der Waals surface area contributed by atoms with Gasteiger partial charge in [0.1, 0.15) is 35.7 Å². The second-order valence-electron chi connectivity index (χ2n) is 8.35. The molecule has 5 rings (SSSR count). The number of aromatic nitrogens is 4.